The van der Waals surface area contributed by atoms with Crippen molar-refractivity contribution in [3.8, 4) is 5.75 Å². The van der Waals surface area contributed by atoms with Crippen LogP contribution >= 0.6 is 0 Å². The Bertz CT molecular complexity index is 535. The van der Waals surface area contributed by atoms with Crippen LogP contribution < -0.4 is 10.5 Å². The van der Waals surface area contributed by atoms with Crippen LogP contribution in [0.3, 0.4) is 0 Å². The SMILES string of the molecule is Cc1cccc(OC(=O)c2ccc(N)nc2)c1. The minimum absolute atomic E-state index is 0.372. The summed E-state index contributed by atoms with van der Waals surface area (Å²) in [4.78, 5) is 15.6. The van der Waals surface area contributed by atoms with Crippen LogP contribution in [-0.2, 0) is 0 Å². The lowest BCUT2D eigenvalue weighted by molar-refractivity contribution is 0.0734. The van der Waals surface area contributed by atoms with Gasteiger partial charge in [-0.2, -0.15) is 0 Å². The van der Waals surface area contributed by atoms with E-state index in [1.807, 2.05) is 19.1 Å². The zero-order chi connectivity index (χ0) is 12.3. The van der Waals surface area contributed by atoms with Crippen LogP contribution in [0.2, 0.25) is 0 Å². The first kappa shape index (κ1) is 11.1. The summed E-state index contributed by atoms with van der Waals surface area (Å²) in [6, 6.07) is 10.4. The van der Waals surface area contributed by atoms with E-state index in [2.05, 4.69) is 4.98 Å². The van der Waals surface area contributed by atoms with Crippen molar-refractivity contribution in [3.05, 3.63) is 53.7 Å². The first-order valence-electron chi connectivity index (χ1n) is 5.15. The number of aromatic nitrogens is 1. The van der Waals surface area contributed by atoms with Gasteiger partial charge in [0.05, 0.1) is 5.56 Å². The number of hydrogen-bond donors (Lipinski definition) is 1. The van der Waals surface area contributed by atoms with Crippen molar-refractivity contribution in [1.29, 1.82) is 0 Å². The zero-order valence-corrected chi connectivity index (χ0v) is 9.38. The average molecular weight is 228 g/mol. The van der Waals surface area contributed by atoms with E-state index in [4.69, 9.17) is 10.5 Å². The highest BCUT2D eigenvalue weighted by molar-refractivity contribution is 5.90. The number of carbonyl (C=O) groups excluding carboxylic acids is 1. The van der Waals surface area contributed by atoms with Gasteiger partial charge in [0.15, 0.2) is 0 Å². The number of nitrogen functional groups attached to an aromatic ring is 1. The minimum Gasteiger partial charge on any atom is -0.423 e. The van der Waals surface area contributed by atoms with E-state index in [0.717, 1.165) is 5.56 Å². The fraction of sp³-hybridized carbons (Fsp3) is 0.0769. The molecule has 1 aromatic carbocycles. The molecule has 4 nitrogen and oxygen atoms in total. The molecule has 0 radical (unpaired) electrons. The smallest absolute Gasteiger partial charge is 0.345 e. The van der Waals surface area contributed by atoms with Crippen molar-refractivity contribution < 1.29 is 9.53 Å². The van der Waals surface area contributed by atoms with E-state index in [9.17, 15) is 4.79 Å². The number of pyridine rings is 1. The number of ether oxygens (including phenoxy) is 1. The minimum atomic E-state index is -0.442. The van der Waals surface area contributed by atoms with Gasteiger partial charge in [0.1, 0.15) is 11.6 Å². The molecule has 2 rings (SSSR count). The molecule has 0 fully saturated rings. The predicted octanol–water partition coefficient (Wildman–Crippen LogP) is 2.19. The monoisotopic (exact) mass is 228 g/mol. The highest BCUT2D eigenvalue weighted by atomic mass is 16.5. The maximum atomic E-state index is 11.7. The Hall–Kier alpha value is -2.36. The summed E-state index contributed by atoms with van der Waals surface area (Å²) < 4.78 is 5.20. The largest absolute Gasteiger partial charge is 0.423 e. The van der Waals surface area contributed by atoms with Gasteiger partial charge in [-0.25, -0.2) is 9.78 Å². The van der Waals surface area contributed by atoms with E-state index in [1.54, 1.807) is 24.3 Å². The van der Waals surface area contributed by atoms with E-state index in [1.165, 1.54) is 6.20 Å². The Morgan fingerprint density at radius 3 is 2.76 bits per heavy atom. The summed E-state index contributed by atoms with van der Waals surface area (Å²) in [6.07, 6.45) is 1.40. The van der Waals surface area contributed by atoms with Crippen LogP contribution in [0.25, 0.3) is 0 Å². The molecule has 1 heterocycles. The Morgan fingerprint density at radius 2 is 2.12 bits per heavy atom. The van der Waals surface area contributed by atoms with Crippen molar-refractivity contribution >= 4 is 11.8 Å². The van der Waals surface area contributed by atoms with Gasteiger partial charge in [-0.15, -0.1) is 0 Å². The van der Waals surface area contributed by atoms with Crippen LogP contribution in [0.5, 0.6) is 5.75 Å². The molecular weight excluding hydrogens is 216 g/mol. The molecule has 0 aliphatic rings. The van der Waals surface area contributed by atoms with E-state index < -0.39 is 5.97 Å². The highest BCUT2D eigenvalue weighted by Crippen LogP contribution is 2.14. The molecule has 0 unspecified atom stereocenters. The van der Waals surface area contributed by atoms with Crippen LogP contribution in [-0.4, -0.2) is 11.0 Å². The Morgan fingerprint density at radius 1 is 1.29 bits per heavy atom. The molecule has 1 aromatic heterocycles. The lowest BCUT2D eigenvalue weighted by Gasteiger charge is -2.04. The molecule has 0 aliphatic heterocycles. The van der Waals surface area contributed by atoms with Gasteiger partial charge in [0.25, 0.3) is 0 Å². The molecule has 0 aliphatic carbocycles. The van der Waals surface area contributed by atoms with E-state index in [-0.39, 0.29) is 0 Å². The molecule has 2 aromatic rings. The van der Waals surface area contributed by atoms with E-state index in [0.29, 0.717) is 17.1 Å². The van der Waals surface area contributed by atoms with Gasteiger partial charge in [-0.1, -0.05) is 12.1 Å². The number of hydrogen-bond acceptors (Lipinski definition) is 4. The second-order valence-corrected chi connectivity index (χ2v) is 3.68. The molecule has 0 saturated carbocycles. The van der Waals surface area contributed by atoms with Crippen LogP contribution in [0.4, 0.5) is 5.82 Å². The zero-order valence-electron chi connectivity index (χ0n) is 9.38. The first-order valence-corrected chi connectivity index (χ1v) is 5.15. The number of anilines is 1. The van der Waals surface area contributed by atoms with Crippen molar-refractivity contribution in [3.63, 3.8) is 0 Å². The van der Waals surface area contributed by atoms with Crippen LogP contribution in [0.15, 0.2) is 42.6 Å². The number of aryl methyl sites for hydroxylation is 1. The molecular formula is C13H12N2O2. The Balaban J connectivity index is 2.14. The maximum absolute atomic E-state index is 11.7. The number of nitrogens with two attached hydrogens (primary N) is 1. The fourth-order valence-corrected chi connectivity index (χ4v) is 1.37. The molecule has 0 spiro atoms. The quantitative estimate of drug-likeness (QED) is 0.632. The summed E-state index contributed by atoms with van der Waals surface area (Å²) in [6.45, 7) is 1.93. The molecule has 0 saturated heterocycles. The van der Waals surface area contributed by atoms with Gasteiger partial charge >= 0.3 is 5.97 Å². The molecule has 86 valence electrons. The normalized spacial score (nSPS) is 9.94. The summed E-state index contributed by atoms with van der Waals surface area (Å²) in [5.74, 6) is 0.451. The topological polar surface area (TPSA) is 65.2 Å². The average Bonchev–Trinajstić information content (AvgIpc) is 2.29. The van der Waals surface area contributed by atoms with Crippen molar-refractivity contribution in [1.82, 2.24) is 4.98 Å². The second kappa shape index (κ2) is 4.65. The third-order valence-corrected chi connectivity index (χ3v) is 2.22. The van der Waals surface area contributed by atoms with Crippen molar-refractivity contribution in [2.75, 3.05) is 5.73 Å². The predicted molar refractivity (Wildman–Crippen MR) is 64.8 cm³/mol. The molecule has 0 bridgehead atoms. The van der Waals surface area contributed by atoms with Gasteiger partial charge < -0.3 is 10.5 Å². The highest BCUT2D eigenvalue weighted by Gasteiger charge is 2.08. The lowest BCUT2D eigenvalue weighted by Crippen LogP contribution is -2.09. The molecule has 17 heavy (non-hydrogen) atoms. The number of carbonyl (C=O) groups is 1. The molecule has 4 heteroatoms. The standard InChI is InChI=1S/C13H12N2O2/c1-9-3-2-4-11(7-9)17-13(16)10-5-6-12(14)15-8-10/h2-8H,1H3,(H2,14,15). The summed E-state index contributed by atoms with van der Waals surface area (Å²) in [7, 11) is 0. The van der Waals surface area contributed by atoms with E-state index >= 15 is 0 Å². The molecule has 0 atom stereocenters. The van der Waals surface area contributed by atoms with Gasteiger partial charge in [-0.3, -0.25) is 0 Å². The summed E-state index contributed by atoms with van der Waals surface area (Å²) in [5, 5.41) is 0. The third-order valence-electron chi connectivity index (χ3n) is 2.22. The fourth-order valence-electron chi connectivity index (χ4n) is 1.37. The number of nitrogens with zero attached hydrogens (tertiary/aromatic N) is 1. The lowest BCUT2D eigenvalue weighted by atomic mass is 10.2. The number of esters is 1. The number of benzene rings is 1. The van der Waals surface area contributed by atoms with Crippen molar-refractivity contribution in [2.45, 2.75) is 6.92 Å². The van der Waals surface area contributed by atoms with Crippen LogP contribution in [0.1, 0.15) is 15.9 Å². The summed E-state index contributed by atoms with van der Waals surface area (Å²) >= 11 is 0. The maximum Gasteiger partial charge on any atom is 0.345 e. The second-order valence-electron chi connectivity index (χ2n) is 3.68. The Kier molecular flexibility index (Phi) is 3.05. The van der Waals surface area contributed by atoms with Crippen molar-refractivity contribution in [2.24, 2.45) is 0 Å². The van der Waals surface area contributed by atoms with Gasteiger partial charge in [-0.05, 0) is 36.8 Å². The third kappa shape index (κ3) is 2.81. The molecule has 0 amide bonds. The Labute approximate surface area is 99.1 Å². The van der Waals surface area contributed by atoms with Gasteiger partial charge in [0, 0.05) is 6.20 Å². The number of rotatable bonds is 2. The van der Waals surface area contributed by atoms with Crippen LogP contribution in [0, 0.1) is 6.92 Å². The summed E-state index contributed by atoms with van der Waals surface area (Å²) in [5.41, 5.74) is 6.84. The molecule has 2 N–H and O–H groups in total. The first-order chi connectivity index (χ1) is 8.15. The van der Waals surface area contributed by atoms with Gasteiger partial charge in [0.2, 0.25) is 0 Å².